The van der Waals surface area contributed by atoms with E-state index in [1.807, 2.05) is 0 Å². The fourth-order valence-corrected chi connectivity index (χ4v) is 3.77. The summed E-state index contributed by atoms with van der Waals surface area (Å²) >= 11 is 0. The average molecular weight is 283 g/mol. The van der Waals surface area contributed by atoms with Gasteiger partial charge in [-0.25, -0.2) is 0 Å². The summed E-state index contributed by atoms with van der Waals surface area (Å²) in [4.78, 5) is 4.60. The SMILES string of the molecule is CCC(N)Cc1noc(C2C3CCc4ccccc4C32)n1. The molecule has 1 saturated carbocycles. The minimum atomic E-state index is 0.123. The number of hydrogen-bond acceptors (Lipinski definition) is 4. The number of nitrogens with zero attached hydrogens (tertiary/aromatic N) is 2. The second-order valence-electron chi connectivity index (χ2n) is 6.37. The van der Waals surface area contributed by atoms with Gasteiger partial charge in [0.2, 0.25) is 5.89 Å². The molecule has 4 rings (SSSR count). The standard InChI is InChI=1S/C17H21N3O/c1-2-11(18)9-14-19-17(21-20-14)16-13-8-7-10-5-3-4-6-12(10)15(13)16/h3-6,11,13,15-16H,2,7-9,18H2,1H3. The average Bonchev–Trinajstić information content (AvgIpc) is 3.10. The molecule has 1 aromatic carbocycles. The van der Waals surface area contributed by atoms with Crippen molar-refractivity contribution in [1.82, 2.24) is 10.1 Å². The maximum absolute atomic E-state index is 5.96. The fourth-order valence-electron chi connectivity index (χ4n) is 3.77. The van der Waals surface area contributed by atoms with Crippen LogP contribution in [0.15, 0.2) is 28.8 Å². The van der Waals surface area contributed by atoms with Crippen LogP contribution in [0.1, 0.15) is 54.4 Å². The largest absolute Gasteiger partial charge is 0.339 e. The molecule has 1 aromatic heterocycles. The van der Waals surface area contributed by atoms with Crippen LogP contribution in [0.4, 0.5) is 0 Å². The van der Waals surface area contributed by atoms with Gasteiger partial charge >= 0.3 is 0 Å². The van der Waals surface area contributed by atoms with Crippen LogP contribution in [-0.4, -0.2) is 16.2 Å². The molecular formula is C17H21N3O. The lowest BCUT2D eigenvalue weighted by molar-refractivity contribution is 0.367. The van der Waals surface area contributed by atoms with Gasteiger partial charge in [0.15, 0.2) is 5.82 Å². The third kappa shape index (κ3) is 2.18. The van der Waals surface area contributed by atoms with E-state index in [4.69, 9.17) is 10.3 Å². The summed E-state index contributed by atoms with van der Waals surface area (Å²) in [6.07, 6.45) is 4.05. The number of benzene rings is 1. The molecule has 0 radical (unpaired) electrons. The lowest BCUT2D eigenvalue weighted by Gasteiger charge is -2.13. The third-order valence-electron chi connectivity index (χ3n) is 5.07. The Balaban J connectivity index is 1.55. The van der Waals surface area contributed by atoms with Crippen molar-refractivity contribution >= 4 is 0 Å². The predicted molar refractivity (Wildman–Crippen MR) is 80.0 cm³/mol. The van der Waals surface area contributed by atoms with Gasteiger partial charge in [-0.15, -0.1) is 0 Å². The zero-order valence-corrected chi connectivity index (χ0v) is 12.3. The molecule has 4 nitrogen and oxygen atoms in total. The first-order valence-electron chi connectivity index (χ1n) is 7.93. The zero-order chi connectivity index (χ0) is 14.4. The van der Waals surface area contributed by atoms with Gasteiger partial charge in [-0.05, 0) is 42.2 Å². The van der Waals surface area contributed by atoms with Crippen LogP contribution in [0.5, 0.6) is 0 Å². The minimum Gasteiger partial charge on any atom is -0.339 e. The number of aryl methyl sites for hydroxylation is 1. The van der Waals surface area contributed by atoms with Gasteiger partial charge in [-0.3, -0.25) is 0 Å². The first-order chi connectivity index (χ1) is 10.3. The van der Waals surface area contributed by atoms with Crippen LogP contribution in [0, 0.1) is 5.92 Å². The number of fused-ring (bicyclic) bond motifs is 3. The van der Waals surface area contributed by atoms with Gasteiger partial charge in [-0.1, -0.05) is 36.3 Å². The molecule has 4 heteroatoms. The topological polar surface area (TPSA) is 64.9 Å². The van der Waals surface area contributed by atoms with E-state index in [-0.39, 0.29) is 6.04 Å². The molecule has 4 unspecified atom stereocenters. The second-order valence-corrected chi connectivity index (χ2v) is 6.37. The molecule has 21 heavy (non-hydrogen) atoms. The molecule has 2 N–H and O–H groups in total. The van der Waals surface area contributed by atoms with Gasteiger partial charge in [0.1, 0.15) is 0 Å². The van der Waals surface area contributed by atoms with Gasteiger partial charge in [0.05, 0.1) is 0 Å². The van der Waals surface area contributed by atoms with Gasteiger partial charge in [0.25, 0.3) is 0 Å². The molecule has 2 aliphatic carbocycles. The lowest BCUT2D eigenvalue weighted by atomic mass is 9.92. The molecule has 2 aromatic rings. The van der Waals surface area contributed by atoms with E-state index >= 15 is 0 Å². The van der Waals surface area contributed by atoms with Gasteiger partial charge < -0.3 is 10.3 Å². The molecule has 0 bridgehead atoms. The van der Waals surface area contributed by atoms with Crippen molar-refractivity contribution in [2.45, 2.75) is 50.5 Å². The first-order valence-corrected chi connectivity index (χ1v) is 7.93. The van der Waals surface area contributed by atoms with Crippen molar-refractivity contribution in [1.29, 1.82) is 0 Å². The van der Waals surface area contributed by atoms with Crippen molar-refractivity contribution in [2.75, 3.05) is 0 Å². The number of hydrogen-bond donors (Lipinski definition) is 1. The van der Waals surface area contributed by atoms with Crippen molar-refractivity contribution < 1.29 is 4.52 Å². The molecule has 110 valence electrons. The highest BCUT2D eigenvalue weighted by atomic mass is 16.5. The molecule has 1 heterocycles. The zero-order valence-electron chi connectivity index (χ0n) is 12.3. The van der Waals surface area contributed by atoms with Gasteiger partial charge in [0, 0.05) is 18.4 Å². The number of nitrogens with two attached hydrogens (primary N) is 1. The van der Waals surface area contributed by atoms with Crippen LogP contribution in [0.25, 0.3) is 0 Å². The Morgan fingerprint density at radius 1 is 1.33 bits per heavy atom. The second kappa shape index (κ2) is 4.95. The van der Waals surface area contributed by atoms with Crippen molar-refractivity contribution in [3.05, 3.63) is 47.1 Å². The molecule has 0 spiro atoms. The predicted octanol–water partition coefficient (Wildman–Crippen LogP) is 2.79. The molecule has 0 amide bonds. The van der Waals surface area contributed by atoms with E-state index in [0.717, 1.165) is 18.1 Å². The van der Waals surface area contributed by atoms with Crippen LogP contribution in [-0.2, 0) is 12.8 Å². The highest BCUT2D eigenvalue weighted by Gasteiger charge is 2.56. The molecule has 2 aliphatic rings. The summed E-state index contributed by atoms with van der Waals surface area (Å²) in [5, 5.41) is 4.11. The molecular weight excluding hydrogens is 262 g/mol. The van der Waals surface area contributed by atoms with Crippen LogP contribution in [0.2, 0.25) is 0 Å². The first kappa shape index (κ1) is 13.0. The molecule has 0 aliphatic heterocycles. The maximum Gasteiger partial charge on any atom is 0.230 e. The lowest BCUT2D eigenvalue weighted by Crippen LogP contribution is -2.22. The Morgan fingerprint density at radius 3 is 3.05 bits per heavy atom. The van der Waals surface area contributed by atoms with E-state index in [1.54, 1.807) is 0 Å². The number of rotatable bonds is 4. The normalized spacial score (nSPS) is 27.8. The van der Waals surface area contributed by atoms with E-state index in [0.29, 0.717) is 24.2 Å². The van der Waals surface area contributed by atoms with Gasteiger partial charge in [-0.2, -0.15) is 4.98 Å². The summed E-state index contributed by atoms with van der Waals surface area (Å²) in [7, 11) is 0. The summed E-state index contributed by atoms with van der Waals surface area (Å²) in [5.41, 5.74) is 8.95. The summed E-state index contributed by atoms with van der Waals surface area (Å²) in [6.45, 7) is 2.08. The van der Waals surface area contributed by atoms with Crippen LogP contribution >= 0.6 is 0 Å². The summed E-state index contributed by atoms with van der Waals surface area (Å²) < 4.78 is 5.52. The fraction of sp³-hybridized carbons (Fsp3) is 0.529. The van der Waals surface area contributed by atoms with Crippen LogP contribution in [0.3, 0.4) is 0 Å². The third-order valence-corrected chi connectivity index (χ3v) is 5.07. The molecule has 4 atom stereocenters. The molecule has 0 saturated heterocycles. The Kier molecular flexibility index (Phi) is 3.07. The van der Waals surface area contributed by atoms with E-state index in [2.05, 4.69) is 41.3 Å². The minimum absolute atomic E-state index is 0.123. The Hall–Kier alpha value is -1.68. The van der Waals surface area contributed by atoms with E-state index < -0.39 is 0 Å². The highest BCUT2D eigenvalue weighted by Crippen LogP contribution is 2.64. The highest BCUT2D eigenvalue weighted by molar-refractivity contribution is 5.42. The molecule has 1 fully saturated rings. The smallest absolute Gasteiger partial charge is 0.230 e. The monoisotopic (exact) mass is 283 g/mol. The van der Waals surface area contributed by atoms with Crippen molar-refractivity contribution in [3.63, 3.8) is 0 Å². The van der Waals surface area contributed by atoms with Crippen molar-refractivity contribution in [2.24, 2.45) is 11.7 Å². The Bertz CT molecular complexity index is 651. The Morgan fingerprint density at radius 2 is 2.19 bits per heavy atom. The summed E-state index contributed by atoms with van der Waals surface area (Å²) in [5.74, 6) is 3.28. The summed E-state index contributed by atoms with van der Waals surface area (Å²) in [6, 6.07) is 8.90. The number of aromatic nitrogens is 2. The maximum atomic E-state index is 5.96. The Labute approximate surface area is 124 Å². The van der Waals surface area contributed by atoms with Crippen molar-refractivity contribution in [3.8, 4) is 0 Å². The van der Waals surface area contributed by atoms with E-state index in [9.17, 15) is 0 Å². The quantitative estimate of drug-likeness (QED) is 0.937. The van der Waals surface area contributed by atoms with Crippen LogP contribution < -0.4 is 5.73 Å². The van der Waals surface area contributed by atoms with E-state index in [1.165, 1.54) is 24.0 Å².